The van der Waals surface area contributed by atoms with Crippen molar-refractivity contribution in [3.8, 4) is 5.75 Å². The minimum absolute atomic E-state index is 0.0177. The second-order valence-corrected chi connectivity index (χ2v) is 37.4. The molecule has 708 valence electrons. The molecule has 4 heterocycles. The van der Waals surface area contributed by atoms with Crippen molar-refractivity contribution in [1.29, 1.82) is 0 Å². The van der Waals surface area contributed by atoms with Crippen LogP contribution in [-0.2, 0) is 112 Å². The van der Waals surface area contributed by atoms with Gasteiger partial charge in [0, 0.05) is 151 Å². The second-order valence-electron chi connectivity index (χ2n) is 36.6. The molecule has 0 aliphatic carbocycles. The highest BCUT2D eigenvalue weighted by molar-refractivity contribution is 7.09. The van der Waals surface area contributed by atoms with Crippen LogP contribution in [0.1, 0.15) is 255 Å². The molecule has 13 atom stereocenters. The SMILES string of the molecule is CC[C@H](C)[C@H](CC(=O)C(C)(C)N(C)C)C(=O)N(C)[C@H](C[C@@H](OC(C)=O)c1nc(C(=O)N[C@@H](Cc2ccc3c(c2)NC(=O)C(C)CC(=O)C(C)NC(=O)CCOCCCC(=O)C(N2C(=O)C=CC2=O)C(N2C(=O)C=CC2=O)C(=O)CCCOCCC(=O)NC(C)C(=O)CC(C)C(=O)O3)CC(C)C(=O)C[C@@H](CCCCNC(=O)OC(C)(C)C)C(=O)OC(C)(C)C)cs1)C(C)C. The van der Waals surface area contributed by atoms with Gasteiger partial charge >= 0.3 is 24.0 Å². The van der Waals surface area contributed by atoms with Gasteiger partial charge in [-0.05, 0) is 151 Å². The van der Waals surface area contributed by atoms with Crippen LogP contribution in [0.2, 0.25) is 0 Å². The van der Waals surface area contributed by atoms with Crippen LogP contribution < -0.4 is 31.3 Å². The number of amides is 10. The fourth-order valence-corrected chi connectivity index (χ4v) is 15.4. The minimum Gasteiger partial charge on any atom is -0.460 e. The highest BCUT2D eigenvalue weighted by Gasteiger charge is 2.50. The predicted molar refractivity (Wildman–Crippen MR) is 471 cm³/mol. The molecule has 5 N–H and O–H groups in total. The van der Waals surface area contributed by atoms with Gasteiger partial charge in [-0.1, -0.05) is 67.4 Å². The molecule has 128 heavy (non-hydrogen) atoms. The van der Waals surface area contributed by atoms with Crippen molar-refractivity contribution in [1.82, 2.24) is 45.9 Å². The minimum atomic E-state index is -1.96. The molecule has 2 aromatic rings. The first-order valence-electron chi connectivity index (χ1n) is 44.0. The van der Waals surface area contributed by atoms with Crippen LogP contribution >= 0.6 is 11.3 Å². The number of carbonyl (C=O) groups excluding carboxylic acids is 19. The number of hydrogen-bond acceptors (Lipinski definition) is 28. The van der Waals surface area contributed by atoms with Crippen LogP contribution in [0.3, 0.4) is 0 Å². The van der Waals surface area contributed by atoms with Gasteiger partial charge in [-0.15, -0.1) is 11.3 Å². The van der Waals surface area contributed by atoms with Crippen molar-refractivity contribution < 1.29 is 120 Å². The smallest absolute Gasteiger partial charge is 0.407 e. The molecule has 0 spiro atoms. The van der Waals surface area contributed by atoms with Gasteiger partial charge in [0.05, 0.1) is 48.4 Å². The number of unbranched alkanes of at least 4 members (excludes halogenated alkanes) is 1. The Morgan fingerprint density at radius 2 is 1.18 bits per heavy atom. The molecule has 10 amide bonds. The van der Waals surface area contributed by atoms with Gasteiger partial charge in [0.15, 0.2) is 40.8 Å². The second kappa shape index (κ2) is 49.9. The number of nitrogens with one attached hydrogen (secondary N) is 5. The monoisotopic (exact) mass is 1810 g/mol. The van der Waals surface area contributed by atoms with E-state index < -0.39 is 209 Å². The van der Waals surface area contributed by atoms with E-state index in [4.69, 9.17) is 33.4 Å². The Morgan fingerprint density at radius 1 is 0.656 bits per heavy atom. The van der Waals surface area contributed by atoms with Gasteiger partial charge in [-0.25, -0.2) is 9.78 Å². The summed E-state index contributed by atoms with van der Waals surface area (Å²) in [6, 6.07) is -3.55. The van der Waals surface area contributed by atoms with Crippen LogP contribution in [0.25, 0.3) is 0 Å². The molecule has 0 saturated heterocycles. The van der Waals surface area contributed by atoms with E-state index >= 15 is 4.79 Å². The standard InChI is InChI=1S/C92H134N10O25S/c1-22-53(4)63(49-74(109)92(17,18)99(19)20)86(118)100(21)66(52(2)3)50-73(124-59(10)103)85-98-65(51-128-85)84(117)96-62(43-54(5)69(106)48-61(88(120)126-90(11,12)13)27-23-24-38-93-89(121)127-91(14,15)16)46-60-30-31-72-64(47-60)97-83(116)55(6)44-70(107)57(8)94-75(110)36-41-122-39-25-28-67(104)81(101-77(112)32-33-78(101)113)82(102-79(114)34-35-80(102)115)68(105)29-26-40-123-42-37-76(111)95-58(9)71(108)45-56(7)87(119)125-72/h30-35,47,51-58,61-63,66,73,81-82H,22-29,36-46,48-50H2,1-21H3,(H,93,121)(H,94,110)(H,95,111)(H,96,117)(H,97,116)/t53-,54?,55?,56?,57?,58?,61+,62+,63-,66+,73+,81?,82?/m0/s1. The number of rotatable bonds is 30. The summed E-state index contributed by atoms with van der Waals surface area (Å²) in [4.78, 5) is 271. The molecule has 36 heteroatoms. The average molecular weight is 1810 g/mol. The number of aromatic nitrogens is 1. The lowest BCUT2D eigenvalue weighted by Gasteiger charge is -2.38. The molecular formula is C92H134N10O25S. The fraction of sp³-hybridized carbons (Fsp3) is 0.652. The third kappa shape index (κ3) is 33.9. The normalized spacial score (nSPS) is 21.4. The number of esters is 3. The third-order valence-electron chi connectivity index (χ3n) is 22.8. The summed E-state index contributed by atoms with van der Waals surface area (Å²) >= 11 is 1.02. The maximum Gasteiger partial charge on any atom is 0.407 e. The topological polar surface area (TPSA) is 466 Å². The number of benzene rings is 1. The number of ether oxygens (including phenoxy) is 6. The molecule has 7 unspecified atom stereocenters. The van der Waals surface area contributed by atoms with Crippen molar-refractivity contribution in [2.24, 2.45) is 41.4 Å². The maximum atomic E-state index is 15.0. The number of imide groups is 2. The summed E-state index contributed by atoms with van der Waals surface area (Å²) in [5.41, 5.74) is -2.47. The molecule has 35 nitrogen and oxygen atoms in total. The maximum absolute atomic E-state index is 15.0. The lowest BCUT2D eigenvalue weighted by atomic mass is 9.81. The summed E-state index contributed by atoms with van der Waals surface area (Å²) < 4.78 is 34.4. The number of Topliss-reactive ketones (excluding diaryl/α,β-unsaturated/α-hetero) is 6. The molecule has 0 bridgehead atoms. The summed E-state index contributed by atoms with van der Waals surface area (Å²) in [6.07, 6.45) is 0.221. The molecule has 5 rings (SSSR count). The van der Waals surface area contributed by atoms with Crippen LogP contribution in [0.4, 0.5) is 10.5 Å². The van der Waals surface area contributed by atoms with Crippen LogP contribution in [0.15, 0.2) is 47.9 Å². The first kappa shape index (κ1) is 108. The zero-order valence-corrected chi connectivity index (χ0v) is 78.9. The van der Waals surface area contributed by atoms with Crippen molar-refractivity contribution >= 4 is 129 Å². The Balaban J connectivity index is 1.51. The van der Waals surface area contributed by atoms with Gasteiger partial charge in [0.25, 0.3) is 29.5 Å². The van der Waals surface area contributed by atoms with Crippen molar-refractivity contribution in [3.05, 3.63) is 64.1 Å². The molecule has 3 aliphatic rings. The molecule has 0 saturated carbocycles. The van der Waals surface area contributed by atoms with Crippen molar-refractivity contribution in [2.75, 3.05) is 59.4 Å². The van der Waals surface area contributed by atoms with E-state index in [1.807, 2.05) is 27.7 Å². The summed E-state index contributed by atoms with van der Waals surface area (Å²) in [7, 11) is 5.25. The molecule has 0 radical (unpaired) electrons. The Bertz CT molecular complexity index is 4380. The Labute approximate surface area is 754 Å². The summed E-state index contributed by atoms with van der Waals surface area (Å²) in [5, 5.41) is 15.3. The van der Waals surface area contributed by atoms with E-state index in [0.717, 1.165) is 35.6 Å². The molecule has 1 aromatic carbocycles. The number of anilines is 1. The van der Waals surface area contributed by atoms with Crippen LogP contribution in [0.5, 0.6) is 5.75 Å². The van der Waals surface area contributed by atoms with Crippen LogP contribution in [0, 0.1) is 41.4 Å². The number of carbonyl (C=O) groups is 19. The number of fused-ring (bicyclic) bond motifs is 1. The number of hydrogen-bond donors (Lipinski definition) is 5. The number of likely N-dealkylation sites (N-methyl/N-ethyl adjacent to an activating group) is 1. The first-order chi connectivity index (χ1) is 59.7. The van der Waals surface area contributed by atoms with Gasteiger partial charge in [-0.3, -0.25) is 101 Å². The fourth-order valence-electron chi connectivity index (χ4n) is 14.5. The van der Waals surface area contributed by atoms with Gasteiger partial charge in [-0.2, -0.15) is 0 Å². The molecule has 0 fully saturated rings. The number of alkyl carbamates (subject to hydrolysis) is 1. The zero-order valence-electron chi connectivity index (χ0n) is 78.1. The highest BCUT2D eigenvalue weighted by Crippen LogP contribution is 2.36. The molecule has 3 aliphatic heterocycles. The molecular weight excluding hydrogens is 1680 g/mol. The highest BCUT2D eigenvalue weighted by atomic mass is 32.1. The number of ketones is 6. The van der Waals surface area contributed by atoms with Crippen LogP contribution in [-0.4, -0.2) is 244 Å². The van der Waals surface area contributed by atoms with E-state index in [1.165, 1.54) is 58.2 Å². The third-order valence-corrected chi connectivity index (χ3v) is 23.7. The van der Waals surface area contributed by atoms with Crippen molar-refractivity contribution in [2.45, 2.75) is 293 Å². The summed E-state index contributed by atoms with van der Waals surface area (Å²) in [6.45, 7) is 29.4. The molecule has 1 aromatic heterocycles. The quantitative estimate of drug-likeness (QED) is 0.0160. The largest absolute Gasteiger partial charge is 0.460 e. The van der Waals surface area contributed by atoms with E-state index in [9.17, 15) is 86.3 Å². The predicted octanol–water partition coefficient (Wildman–Crippen LogP) is 8.72. The Morgan fingerprint density at radius 3 is 1.67 bits per heavy atom. The number of nitrogens with zero attached hydrogens (tertiary/aromatic N) is 5. The number of thiazole rings is 1. The van der Waals surface area contributed by atoms with Gasteiger partial charge < -0.3 is 59.9 Å². The Kier molecular flexibility index (Phi) is 42.1. The van der Waals surface area contributed by atoms with Gasteiger partial charge in [0.2, 0.25) is 23.6 Å². The van der Waals surface area contributed by atoms with E-state index in [2.05, 4.69) is 26.6 Å². The van der Waals surface area contributed by atoms with Crippen molar-refractivity contribution in [3.63, 3.8) is 0 Å². The average Bonchev–Trinajstić information content (AvgIpc) is 1.60. The zero-order chi connectivity index (χ0) is 96.2. The van der Waals surface area contributed by atoms with E-state index in [-0.39, 0.29) is 149 Å². The van der Waals surface area contributed by atoms with E-state index in [0.29, 0.717) is 34.6 Å². The first-order valence-corrected chi connectivity index (χ1v) is 44.9. The summed E-state index contributed by atoms with van der Waals surface area (Å²) in [5.74, 6) is -18.3. The lowest BCUT2D eigenvalue weighted by Crippen LogP contribution is -2.61. The van der Waals surface area contributed by atoms with E-state index in [1.54, 1.807) is 93.3 Å². The Hall–Kier alpha value is -10.5. The lowest BCUT2D eigenvalue weighted by molar-refractivity contribution is -0.161. The van der Waals surface area contributed by atoms with Gasteiger partial charge in [0.1, 0.15) is 39.8 Å².